The first-order valence-corrected chi connectivity index (χ1v) is 5.50. The molecular weight excluding hydrogens is 230 g/mol. The highest BCUT2D eigenvalue weighted by atomic mass is 16.6. The molecule has 0 amide bonds. The Labute approximate surface area is 103 Å². The largest absolute Gasteiger partial charge is 0.455 e. The van der Waals surface area contributed by atoms with Crippen LogP contribution in [0.5, 0.6) is 11.5 Å². The molecule has 3 aromatic rings. The molecule has 3 rings (SSSR count). The molecule has 0 saturated heterocycles. The first-order valence-electron chi connectivity index (χ1n) is 5.50. The van der Waals surface area contributed by atoms with Gasteiger partial charge in [0.15, 0.2) is 16.8 Å². The number of hydrogen-bond donors (Lipinski definition) is 1. The lowest BCUT2D eigenvalue weighted by Crippen LogP contribution is -1.91. The predicted molar refractivity (Wildman–Crippen MR) is 67.5 cm³/mol. The van der Waals surface area contributed by atoms with Crippen molar-refractivity contribution in [1.82, 2.24) is 10.3 Å². The number of benzene rings is 2. The smallest absolute Gasteiger partial charge is 0.179 e. The molecule has 0 aliphatic carbocycles. The quantitative estimate of drug-likeness (QED) is 0.698. The predicted octanol–water partition coefficient (Wildman–Crippen LogP) is 2.91. The van der Waals surface area contributed by atoms with Crippen molar-refractivity contribution in [2.24, 2.45) is 0 Å². The van der Waals surface area contributed by atoms with Crippen LogP contribution < -0.4 is 10.5 Å². The van der Waals surface area contributed by atoms with E-state index in [0.717, 1.165) is 11.3 Å². The van der Waals surface area contributed by atoms with Crippen molar-refractivity contribution in [1.29, 1.82) is 0 Å². The molecule has 0 atom stereocenters. The Morgan fingerprint density at radius 2 is 1.78 bits per heavy atom. The molecule has 90 valence electrons. The van der Waals surface area contributed by atoms with Gasteiger partial charge in [0.25, 0.3) is 0 Å². The minimum atomic E-state index is 0.515. The van der Waals surface area contributed by atoms with Crippen LogP contribution in [0.1, 0.15) is 5.56 Å². The number of aromatic nitrogens is 2. The molecule has 18 heavy (non-hydrogen) atoms. The molecule has 2 N–H and O–H groups in total. The van der Waals surface area contributed by atoms with E-state index in [-0.39, 0.29) is 0 Å². The number of aryl methyl sites for hydroxylation is 1. The summed E-state index contributed by atoms with van der Waals surface area (Å²) >= 11 is 0. The van der Waals surface area contributed by atoms with Gasteiger partial charge in [0.05, 0.1) is 5.69 Å². The summed E-state index contributed by atoms with van der Waals surface area (Å²) in [5, 5.41) is 7.57. The fraction of sp³-hybridized carbons (Fsp3) is 0.0769. The number of para-hydroxylation sites is 1. The Kier molecular flexibility index (Phi) is 2.37. The summed E-state index contributed by atoms with van der Waals surface area (Å²) in [6.07, 6.45) is 0. The maximum Gasteiger partial charge on any atom is 0.179 e. The summed E-state index contributed by atoms with van der Waals surface area (Å²) in [4.78, 5) is 0. The van der Waals surface area contributed by atoms with Gasteiger partial charge in [0.1, 0.15) is 5.75 Å². The van der Waals surface area contributed by atoms with Crippen LogP contribution in [0.15, 0.2) is 41.0 Å². The summed E-state index contributed by atoms with van der Waals surface area (Å²) in [5.41, 5.74) is 8.37. The summed E-state index contributed by atoms with van der Waals surface area (Å²) in [6.45, 7) is 1.98. The van der Waals surface area contributed by atoms with E-state index in [1.54, 1.807) is 12.1 Å². The van der Waals surface area contributed by atoms with Gasteiger partial charge >= 0.3 is 0 Å². The molecule has 1 heterocycles. The number of hydrogen-bond acceptors (Lipinski definition) is 5. The molecule has 0 spiro atoms. The number of anilines is 1. The molecule has 1 aromatic heterocycles. The van der Waals surface area contributed by atoms with Crippen molar-refractivity contribution in [3.05, 3.63) is 42.0 Å². The lowest BCUT2D eigenvalue weighted by atomic mass is 10.2. The monoisotopic (exact) mass is 241 g/mol. The Morgan fingerprint density at radius 3 is 2.61 bits per heavy atom. The zero-order valence-electron chi connectivity index (χ0n) is 9.75. The van der Waals surface area contributed by atoms with E-state index in [2.05, 4.69) is 10.3 Å². The molecule has 5 nitrogen and oxygen atoms in total. The zero-order chi connectivity index (χ0) is 12.5. The van der Waals surface area contributed by atoms with E-state index in [4.69, 9.17) is 15.1 Å². The number of fused-ring (bicyclic) bond motifs is 1. The van der Waals surface area contributed by atoms with Crippen LogP contribution in [-0.4, -0.2) is 10.3 Å². The topological polar surface area (TPSA) is 74.2 Å². The van der Waals surface area contributed by atoms with Crippen molar-refractivity contribution in [2.45, 2.75) is 6.92 Å². The molecule has 0 saturated carbocycles. The van der Waals surface area contributed by atoms with Gasteiger partial charge in [0, 0.05) is 0 Å². The first kappa shape index (κ1) is 10.6. The third kappa shape index (κ3) is 1.66. The van der Waals surface area contributed by atoms with Crippen molar-refractivity contribution in [3.63, 3.8) is 0 Å². The van der Waals surface area contributed by atoms with Gasteiger partial charge in [-0.1, -0.05) is 18.2 Å². The standard InChI is InChI=1S/C13H11N3O2/c1-8-4-2-3-5-10(8)17-11-7-6-9(14)12-13(11)16-18-15-12/h2-7H,14H2,1H3. The maximum atomic E-state index is 5.82. The molecule has 0 aliphatic heterocycles. The summed E-state index contributed by atoms with van der Waals surface area (Å²) < 4.78 is 10.5. The number of ether oxygens (including phenoxy) is 1. The number of nitrogens with two attached hydrogens (primary N) is 1. The second-order valence-corrected chi connectivity index (χ2v) is 3.98. The molecule has 2 aromatic carbocycles. The van der Waals surface area contributed by atoms with Crippen LogP contribution in [0.25, 0.3) is 11.0 Å². The van der Waals surface area contributed by atoms with E-state index >= 15 is 0 Å². The van der Waals surface area contributed by atoms with E-state index in [9.17, 15) is 0 Å². The van der Waals surface area contributed by atoms with Crippen LogP contribution in [0, 0.1) is 6.92 Å². The lowest BCUT2D eigenvalue weighted by molar-refractivity contribution is 0.314. The van der Waals surface area contributed by atoms with Crippen LogP contribution in [-0.2, 0) is 0 Å². The summed E-state index contributed by atoms with van der Waals surface area (Å²) in [6, 6.07) is 11.2. The third-order valence-electron chi connectivity index (χ3n) is 2.72. The Balaban J connectivity index is 2.08. The highest BCUT2D eigenvalue weighted by molar-refractivity contribution is 5.90. The van der Waals surface area contributed by atoms with Crippen LogP contribution in [0.3, 0.4) is 0 Å². The molecule has 0 radical (unpaired) electrons. The van der Waals surface area contributed by atoms with E-state index < -0.39 is 0 Å². The fourth-order valence-electron chi connectivity index (χ4n) is 1.73. The SMILES string of the molecule is Cc1ccccc1Oc1ccc(N)c2nonc12. The van der Waals surface area contributed by atoms with Gasteiger partial charge in [-0.05, 0) is 41.0 Å². The minimum Gasteiger partial charge on any atom is -0.455 e. The van der Waals surface area contributed by atoms with Gasteiger partial charge in [-0.2, -0.15) is 0 Å². The summed E-state index contributed by atoms with van der Waals surface area (Å²) in [5.74, 6) is 1.35. The lowest BCUT2D eigenvalue weighted by Gasteiger charge is -2.08. The number of rotatable bonds is 2. The van der Waals surface area contributed by atoms with Crippen molar-refractivity contribution in [3.8, 4) is 11.5 Å². The van der Waals surface area contributed by atoms with E-state index in [1.165, 1.54) is 0 Å². The molecular formula is C13H11N3O2. The van der Waals surface area contributed by atoms with Gasteiger partial charge in [-0.3, -0.25) is 0 Å². The zero-order valence-corrected chi connectivity index (χ0v) is 9.75. The molecule has 0 aliphatic rings. The van der Waals surface area contributed by atoms with Crippen molar-refractivity contribution < 1.29 is 9.37 Å². The fourth-order valence-corrected chi connectivity index (χ4v) is 1.73. The Hall–Kier alpha value is -2.56. The molecule has 0 bridgehead atoms. The third-order valence-corrected chi connectivity index (χ3v) is 2.72. The second kappa shape index (κ2) is 4.03. The summed E-state index contributed by atoms with van der Waals surface area (Å²) in [7, 11) is 0. The Bertz CT molecular complexity index is 706. The average Bonchev–Trinajstić information content (AvgIpc) is 2.85. The highest BCUT2D eigenvalue weighted by Crippen LogP contribution is 2.32. The van der Waals surface area contributed by atoms with Gasteiger partial charge in [-0.25, -0.2) is 4.63 Å². The Morgan fingerprint density at radius 1 is 1.00 bits per heavy atom. The van der Waals surface area contributed by atoms with Crippen molar-refractivity contribution >= 4 is 16.7 Å². The van der Waals surface area contributed by atoms with E-state index in [0.29, 0.717) is 22.5 Å². The van der Waals surface area contributed by atoms with Gasteiger partial charge in [0.2, 0.25) is 0 Å². The molecule has 0 fully saturated rings. The van der Waals surface area contributed by atoms with Crippen LogP contribution in [0.2, 0.25) is 0 Å². The van der Waals surface area contributed by atoms with Crippen LogP contribution in [0.4, 0.5) is 5.69 Å². The average molecular weight is 241 g/mol. The first-order chi connectivity index (χ1) is 8.75. The number of nitrogens with zero attached hydrogens (tertiary/aromatic N) is 2. The van der Waals surface area contributed by atoms with Crippen molar-refractivity contribution in [2.75, 3.05) is 5.73 Å². The van der Waals surface area contributed by atoms with Crippen LogP contribution >= 0.6 is 0 Å². The normalized spacial score (nSPS) is 10.7. The van der Waals surface area contributed by atoms with Gasteiger partial charge in [-0.15, -0.1) is 0 Å². The van der Waals surface area contributed by atoms with Gasteiger partial charge < -0.3 is 10.5 Å². The number of nitrogen functional groups attached to an aromatic ring is 1. The molecule has 5 heteroatoms. The highest BCUT2D eigenvalue weighted by Gasteiger charge is 2.12. The maximum absolute atomic E-state index is 5.82. The van der Waals surface area contributed by atoms with E-state index in [1.807, 2.05) is 31.2 Å². The molecule has 0 unspecified atom stereocenters. The second-order valence-electron chi connectivity index (χ2n) is 3.98. The minimum absolute atomic E-state index is 0.515.